The van der Waals surface area contributed by atoms with E-state index < -0.39 is 11.5 Å². The van der Waals surface area contributed by atoms with E-state index in [4.69, 9.17) is 8.83 Å². The molecule has 0 fully saturated rings. The Kier molecular flexibility index (Phi) is 4.25. The van der Waals surface area contributed by atoms with E-state index in [1.807, 2.05) is 0 Å². The van der Waals surface area contributed by atoms with E-state index in [0.717, 1.165) is 0 Å². The minimum atomic E-state index is -0.476. The Hall–Kier alpha value is -3.75. The molecule has 0 spiro atoms. The van der Waals surface area contributed by atoms with Crippen molar-refractivity contribution in [3.8, 4) is 0 Å². The van der Waals surface area contributed by atoms with Crippen LogP contribution in [0.5, 0.6) is 0 Å². The van der Waals surface area contributed by atoms with E-state index >= 15 is 0 Å². The maximum atomic E-state index is 13.1. The zero-order chi connectivity index (χ0) is 18.8. The van der Waals surface area contributed by atoms with Crippen LogP contribution in [0.1, 0.15) is 27.4 Å². The Morgan fingerprint density at radius 3 is 2.33 bits per heavy atom. The average molecular weight is 365 g/mol. The molecule has 4 aromatic rings. The van der Waals surface area contributed by atoms with Crippen LogP contribution in [0, 0.1) is 6.92 Å². The van der Waals surface area contributed by atoms with Gasteiger partial charge >= 0.3 is 0 Å². The first-order valence-corrected chi connectivity index (χ1v) is 8.14. The van der Waals surface area contributed by atoms with Gasteiger partial charge in [0.2, 0.25) is 0 Å². The van der Waals surface area contributed by atoms with Gasteiger partial charge in [-0.1, -0.05) is 6.07 Å². The van der Waals surface area contributed by atoms with Crippen LogP contribution in [0.3, 0.4) is 0 Å². The summed E-state index contributed by atoms with van der Waals surface area (Å²) in [5, 5.41) is 0. The standard InChI is InChI=1S/C18H15N5O4/c1-12-3-2-4-16-19-5-15(18(25)23(12)16)17(24)22(6-13-8-26-10-20-13)7-14-9-27-11-21-14/h2-5,8-11H,6-7H2,1H3. The predicted molar refractivity (Wildman–Crippen MR) is 92.8 cm³/mol. The summed E-state index contributed by atoms with van der Waals surface area (Å²) in [6, 6.07) is 5.30. The fraction of sp³-hybridized carbons (Fsp3) is 0.167. The van der Waals surface area contributed by atoms with Crippen LogP contribution < -0.4 is 5.56 Å². The highest BCUT2D eigenvalue weighted by Crippen LogP contribution is 2.12. The van der Waals surface area contributed by atoms with Crippen LogP contribution in [0.15, 0.2) is 63.3 Å². The Morgan fingerprint density at radius 2 is 1.74 bits per heavy atom. The minimum absolute atomic E-state index is 0.0335. The molecule has 0 bridgehead atoms. The summed E-state index contributed by atoms with van der Waals surface area (Å²) in [7, 11) is 0. The molecule has 1 amide bonds. The van der Waals surface area contributed by atoms with Gasteiger partial charge in [-0.2, -0.15) is 0 Å². The number of aromatic nitrogens is 4. The van der Waals surface area contributed by atoms with Crippen molar-refractivity contribution in [2.45, 2.75) is 20.0 Å². The lowest BCUT2D eigenvalue weighted by Crippen LogP contribution is -2.35. The fourth-order valence-corrected chi connectivity index (χ4v) is 2.81. The molecule has 9 nitrogen and oxygen atoms in total. The molecule has 0 N–H and O–H groups in total. The number of amides is 1. The lowest BCUT2D eigenvalue weighted by molar-refractivity contribution is 0.0723. The minimum Gasteiger partial charge on any atom is -0.451 e. The highest BCUT2D eigenvalue weighted by Gasteiger charge is 2.23. The Balaban J connectivity index is 1.74. The zero-order valence-electron chi connectivity index (χ0n) is 14.4. The molecule has 0 saturated heterocycles. The number of aryl methyl sites for hydroxylation is 1. The highest BCUT2D eigenvalue weighted by molar-refractivity contribution is 5.93. The third-order valence-corrected chi connectivity index (χ3v) is 4.11. The number of fused-ring (bicyclic) bond motifs is 1. The molecule has 0 unspecified atom stereocenters. The van der Waals surface area contributed by atoms with E-state index in [-0.39, 0.29) is 18.7 Å². The molecule has 0 radical (unpaired) electrons. The van der Waals surface area contributed by atoms with Gasteiger partial charge in [0.05, 0.1) is 24.5 Å². The number of rotatable bonds is 5. The molecule has 27 heavy (non-hydrogen) atoms. The van der Waals surface area contributed by atoms with E-state index in [1.165, 1.54) is 40.8 Å². The number of carbonyl (C=O) groups excluding carboxylic acids is 1. The lowest BCUT2D eigenvalue weighted by Gasteiger charge is -2.20. The van der Waals surface area contributed by atoms with Crippen LogP contribution in [-0.2, 0) is 13.1 Å². The summed E-state index contributed by atoms with van der Waals surface area (Å²) in [5.74, 6) is -0.476. The van der Waals surface area contributed by atoms with E-state index in [0.29, 0.717) is 22.7 Å². The van der Waals surface area contributed by atoms with Crippen LogP contribution in [0.25, 0.3) is 5.65 Å². The number of hydrogen-bond donors (Lipinski definition) is 0. The van der Waals surface area contributed by atoms with Crippen molar-refractivity contribution in [3.05, 3.63) is 82.7 Å². The third-order valence-electron chi connectivity index (χ3n) is 4.11. The molecule has 0 aromatic carbocycles. The second kappa shape index (κ2) is 6.87. The molecule has 0 aliphatic heterocycles. The molecule has 0 aliphatic rings. The van der Waals surface area contributed by atoms with Crippen molar-refractivity contribution in [2.24, 2.45) is 0 Å². The Morgan fingerprint density at radius 1 is 1.07 bits per heavy atom. The van der Waals surface area contributed by atoms with Crippen molar-refractivity contribution in [1.82, 2.24) is 24.3 Å². The van der Waals surface area contributed by atoms with Crippen LogP contribution >= 0.6 is 0 Å². The second-order valence-electron chi connectivity index (χ2n) is 5.96. The number of hydrogen-bond acceptors (Lipinski definition) is 7. The van der Waals surface area contributed by atoms with Gasteiger partial charge in [0.1, 0.15) is 23.7 Å². The van der Waals surface area contributed by atoms with Crippen molar-refractivity contribution in [1.29, 1.82) is 0 Å². The van der Waals surface area contributed by atoms with Gasteiger partial charge in [-0.3, -0.25) is 14.0 Å². The Bertz CT molecular complexity index is 1100. The molecule has 0 aliphatic carbocycles. The first-order valence-electron chi connectivity index (χ1n) is 8.14. The van der Waals surface area contributed by atoms with Gasteiger partial charge in [0.15, 0.2) is 12.8 Å². The first-order chi connectivity index (χ1) is 13.1. The fourth-order valence-electron chi connectivity index (χ4n) is 2.81. The maximum absolute atomic E-state index is 13.1. The number of pyridine rings is 1. The topological polar surface area (TPSA) is 107 Å². The predicted octanol–water partition coefficient (Wildman–Crippen LogP) is 1.82. The van der Waals surface area contributed by atoms with Gasteiger partial charge in [-0.15, -0.1) is 0 Å². The number of oxazole rings is 2. The summed E-state index contributed by atoms with van der Waals surface area (Å²) < 4.78 is 11.4. The van der Waals surface area contributed by atoms with Crippen molar-refractivity contribution < 1.29 is 13.6 Å². The molecule has 0 atom stereocenters. The Labute approximate surface area is 152 Å². The van der Waals surface area contributed by atoms with Crippen molar-refractivity contribution in [2.75, 3.05) is 0 Å². The van der Waals surface area contributed by atoms with Gasteiger partial charge in [-0.05, 0) is 19.1 Å². The van der Waals surface area contributed by atoms with Crippen LogP contribution in [0.2, 0.25) is 0 Å². The zero-order valence-corrected chi connectivity index (χ0v) is 14.4. The molecular formula is C18H15N5O4. The molecule has 0 saturated carbocycles. The second-order valence-corrected chi connectivity index (χ2v) is 5.96. The number of carbonyl (C=O) groups is 1. The molecular weight excluding hydrogens is 350 g/mol. The molecule has 4 heterocycles. The normalized spacial score (nSPS) is 11.0. The smallest absolute Gasteiger partial charge is 0.270 e. The quantitative estimate of drug-likeness (QED) is 0.531. The largest absolute Gasteiger partial charge is 0.451 e. The van der Waals surface area contributed by atoms with Gasteiger partial charge in [0.25, 0.3) is 11.5 Å². The van der Waals surface area contributed by atoms with Crippen molar-refractivity contribution >= 4 is 11.6 Å². The van der Waals surface area contributed by atoms with Gasteiger partial charge < -0.3 is 13.7 Å². The molecule has 4 aromatic heterocycles. The molecule has 136 valence electrons. The lowest BCUT2D eigenvalue weighted by atomic mass is 10.2. The highest BCUT2D eigenvalue weighted by atomic mass is 16.3. The first kappa shape index (κ1) is 16.7. The summed E-state index contributed by atoms with van der Waals surface area (Å²) in [5.41, 5.74) is 1.83. The summed E-state index contributed by atoms with van der Waals surface area (Å²) in [6.07, 6.45) is 6.75. The summed E-state index contributed by atoms with van der Waals surface area (Å²) >= 11 is 0. The summed E-state index contributed by atoms with van der Waals surface area (Å²) in [6.45, 7) is 2.09. The van der Waals surface area contributed by atoms with Crippen LogP contribution in [-0.4, -0.2) is 30.2 Å². The number of nitrogens with zero attached hydrogens (tertiary/aromatic N) is 5. The maximum Gasteiger partial charge on any atom is 0.270 e. The van der Waals surface area contributed by atoms with Gasteiger partial charge in [-0.25, -0.2) is 15.0 Å². The van der Waals surface area contributed by atoms with Gasteiger partial charge in [0, 0.05) is 11.9 Å². The molecule has 4 rings (SSSR count). The van der Waals surface area contributed by atoms with E-state index in [1.54, 1.807) is 25.1 Å². The van der Waals surface area contributed by atoms with Crippen LogP contribution in [0.4, 0.5) is 0 Å². The monoisotopic (exact) mass is 365 g/mol. The average Bonchev–Trinajstić information content (AvgIpc) is 3.35. The molecule has 9 heteroatoms. The summed E-state index contributed by atoms with van der Waals surface area (Å²) in [4.78, 5) is 39.8. The SMILES string of the molecule is Cc1cccc2ncc(C(=O)N(Cc3cocn3)Cc3cocn3)c(=O)n12. The van der Waals surface area contributed by atoms with Crippen molar-refractivity contribution in [3.63, 3.8) is 0 Å². The third kappa shape index (κ3) is 3.22. The van der Waals surface area contributed by atoms with E-state index in [2.05, 4.69) is 15.0 Å². The van der Waals surface area contributed by atoms with E-state index in [9.17, 15) is 9.59 Å².